The van der Waals surface area contributed by atoms with Crippen molar-refractivity contribution < 1.29 is 9.53 Å². The molecular formula is C21H27BrN2O4. The van der Waals surface area contributed by atoms with Crippen LogP contribution in [0.4, 0.5) is 0 Å². The summed E-state index contributed by atoms with van der Waals surface area (Å²) >= 11 is 3.14. The summed E-state index contributed by atoms with van der Waals surface area (Å²) in [5.41, 5.74) is 2.27. The van der Waals surface area contributed by atoms with Gasteiger partial charge in [0.1, 0.15) is 6.29 Å². The highest BCUT2D eigenvalue weighted by Crippen LogP contribution is 2.32. The van der Waals surface area contributed by atoms with Crippen LogP contribution in [0.5, 0.6) is 0 Å². The van der Waals surface area contributed by atoms with E-state index >= 15 is 0 Å². The first-order chi connectivity index (χ1) is 13.3. The molecule has 1 N–H and O–H groups in total. The standard InChI is InChI=1S/C21H27BrN2O4/c1-14(2)5-4-6-15(3)7-8-28-13-17-10-18(9-16(17)12-25)24-11-19(22)20(26)23-21(24)27/h5,7,9,11-12,17-18H,4,6,8,10,13H2,1-3H3,(H,23,26,27)/b15-7+. The van der Waals surface area contributed by atoms with E-state index in [0.717, 1.165) is 19.1 Å². The van der Waals surface area contributed by atoms with E-state index < -0.39 is 11.2 Å². The molecule has 2 atom stereocenters. The minimum absolute atomic E-state index is 0.0699. The minimum Gasteiger partial charge on any atom is -0.377 e. The number of aromatic amines is 1. The molecule has 0 radical (unpaired) electrons. The number of allylic oxidation sites excluding steroid dienone is 4. The fourth-order valence-electron chi connectivity index (χ4n) is 3.16. The number of hydrogen-bond acceptors (Lipinski definition) is 4. The second-order valence-corrected chi connectivity index (χ2v) is 8.19. The number of nitrogens with one attached hydrogen (secondary N) is 1. The molecule has 0 spiro atoms. The van der Waals surface area contributed by atoms with Gasteiger partial charge in [0.15, 0.2) is 0 Å². The number of carbonyl (C=O) groups is 1. The summed E-state index contributed by atoms with van der Waals surface area (Å²) in [6.07, 6.45) is 10.9. The summed E-state index contributed by atoms with van der Waals surface area (Å²) in [7, 11) is 0. The Balaban J connectivity index is 1.92. The molecule has 6 nitrogen and oxygen atoms in total. The zero-order valence-electron chi connectivity index (χ0n) is 16.5. The Morgan fingerprint density at radius 3 is 2.75 bits per heavy atom. The summed E-state index contributed by atoms with van der Waals surface area (Å²) in [5.74, 6) is -0.0699. The molecule has 1 aliphatic rings. The van der Waals surface area contributed by atoms with Crippen molar-refractivity contribution in [2.75, 3.05) is 13.2 Å². The molecule has 152 valence electrons. The molecule has 1 aromatic rings. The van der Waals surface area contributed by atoms with Crippen molar-refractivity contribution in [3.05, 3.63) is 66.5 Å². The normalized spacial score (nSPS) is 19.4. The number of ether oxygens (including phenoxy) is 1. The lowest BCUT2D eigenvalue weighted by molar-refractivity contribution is -0.105. The predicted molar refractivity (Wildman–Crippen MR) is 114 cm³/mol. The maximum absolute atomic E-state index is 12.1. The molecule has 0 bridgehead atoms. The largest absolute Gasteiger partial charge is 0.377 e. The van der Waals surface area contributed by atoms with Crippen LogP contribution in [0, 0.1) is 5.92 Å². The van der Waals surface area contributed by atoms with Crippen molar-refractivity contribution in [1.29, 1.82) is 0 Å². The Morgan fingerprint density at radius 1 is 1.32 bits per heavy atom. The number of carbonyl (C=O) groups excluding carboxylic acids is 1. The Hall–Kier alpha value is -1.99. The number of hydrogen-bond donors (Lipinski definition) is 1. The lowest BCUT2D eigenvalue weighted by Crippen LogP contribution is -2.31. The summed E-state index contributed by atoms with van der Waals surface area (Å²) in [6, 6.07) is -0.282. The van der Waals surface area contributed by atoms with E-state index in [0.29, 0.717) is 25.2 Å². The van der Waals surface area contributed by atoms with Crippen molar-refractivity contribution in [2.45, 2.75) is 46.1 Å². The second-order valence-electron chi connectivity index (χ2n) is 7.34. The number of halogens is 1. The van der Waals surface area contributed by atoms with E-state index in [1.807, 2.05) is 0 Å². The molecular weight excluding hydrogens is 424 g/mol. The van der Waals surface area contributed by atoms with E-state index in [2.05, 4.69) is 53.8 Å². The van der Waals surface area contributed by atoms with Crippen LogP contribution in [-0.2, 0) is 9.53 Å². The van der Waals surface area contributed by atoms with Gasteiger partial charge in [0.05, 0.1) is 23.7 Å². The average molecular weight is 451 g/mol. The van der Waals surface area contributed by atoms with Crippen LogP contribution in [0.1, 0.15) is 46.1 Å². The third-order valence-electron chi connectivity index (χ3n) is 4.76. The van der Waals surface area contributed by atoms with Crippen LogP contribution in [0.3, 0.4) is 0 Å². The number of nitrogens with zero attached hydrogens (tertiary/aromatic N) is 1. The van der Waals surface area contributed by atoms with E-state index in [4.69, 9.17) is 4.74 Å². The van der Waals surface area contributed by atoms with Gasteiger partial charge in [0, 0.05) is 12.1 Å². The number of aldehydes is 1. The van der Waals surface area contributed by atoms with E-state index in [9.17, 15) is 14.4 Å². The van der Waals surface area contributed by atoms with Crippen molar-refractivity contribution >= 4 is 22.2 Å². The van der Waals surface area contributed by atoms with Gasteiger partial charge >= 0.3 is 5.69 Å². The van der Waals surface area contributed by atoms with Gasteiger partial charge in [-0.1, -0.05) is 29.4 Å². The number of H-pyrrole nitrogens is 1. The Labute approximate surface area is 173 Å². The molecule has 0 fully saturated rings. The summed E-state index contributed by atoms with van der Waals surface area (Å²) in [4.78, 5) is 37.3. The van der Waals surface area contributed by atoms with Crippen molar-refractivity contribution in [1.82, 2.24) is 9.55 Å². The smallest absolute Gasteiger partial charge is 0.328 e. The molecule has 0 saturated heterocycles. The van der Waals surface area contributed by atoms with E-state index in [1.165, 1.54) is 21.9 Å². The zero-order chi connectivity index (χ0) is 20.7. The highest BCUT2D eigenvalue weighted by molar-refractivity contribution is 9.10. The number of aromatic nitrogens is 2. The minimum atomic E-state index is -0.490. The predicted octanol–water partition coefficient (Wildman–Crippen LogP) is 3.69. The van der Waals surface area contributed by atoms with Crippen LogP contribution < -0.4 is 11.2 Å². The van der Waals surface area contributed by atoms with Gasteiger partial charge in [-0.05, 0) is 61.5 Å². The maximum Gasteiger partial charge on any atom is 0.328 e. The summed E-state index contributed by atoms with van der Waals surface area (Å²) in [6.45, 7) is 7.19. The van der Waals surface area contributed by atoms with Crippen LogP contribution in [-0.4, -0.2) is 29.1 Å². The van der Waals surface area contributed by atoms with Gasteiger partial charge in [-0.2, -0.15) is 0 Å². The van der Waals surface area contributed by atoms with Crippen LogP contribution >= 0.6 is 15.9 Å². The van der Waals surface area contributed by atoms with Gasteiger partial charge < -0.3 is 4.74 Å². The Kier molecular flexibility index (Phi) is 8.38. The third kappa shape index (κ3) is 6.27. The first-order valence-corrected chi connectivity index (χ1v) is 10.2. The molecule has 28 heavy (non-hydrogen) atoms. The second kappa shape index (κ2) is 10.5. The highest BCUT2D eigenvalue weighted by atomic mass is 79.9. The van der Waals surface area contributed by atoms with Crippen LogP contribution in [0.2, 0.25) is 0 Å². The fraction of sp³-hybridized carbons (Fsp3) is 0.476. The molecule has 2 unspecified atom stereocenters. The molecule has 1 aromatic heterocycles. The SMILES string of the molecule is CC(C)=CCC/C(C)=C/COCC1CC(n2cc(Br)c(=O)[nH]c2=O)C=C1C=O. The van der Waals surface area contributed by atoms with Gasteiger partial charge in [0.25, 0.3) is 5.56 Å². The van der Waals surface area contributed by atoms with E-state index in [-0.39, 0.29) is 16.4 Å². The molecule has 0 aliphatic heterocycles. The Morgan fingerprint density at radius 2 is 2.07 bits per heavy atom. The summed E-state index contributed by atoms with van der Waals surface area (Å²) in [5, 5.41) is 0. The maximum atomic E-state index is 12.1. The average Bonchev–Trinajstić information content (AvgIpc) is 3.04. The Bertz CT molecular complexity index is 904. The van der Waals surface area contributed by atoms with Crippen molar-refractivity contribution in [2.24, 2.45) is 5.92 Å². The number of rotatable bonds is 9. The van der Waals surface area contributed by atoms with Crippen molar-refractivity contribution in [3.63, 3.8) is 0 Å². The lowest BCUT2D eigenvalue weighted by atomic mass is 10.0. The topological polar surface area (TPSA) is 81.2 Å². The molecule has 2 rings (SSSR count). The molecule has 1 heterocycles. The molecule has 1 aliphatic carbocycles. The highest BCUT2D eigenvalue weighted by Gasteiger charge is 2.28. The first kappa shape index (κ1) is 22.3. The zero-order valence-corrected chi connectivity index (χ0v) is 18.1. The molecule has 0 aromatic carbocycles. The van der Waals surface area contributed by atoms with E-state index in [1.54, 1.807) is 6.08 Å². The fourth-order valence-corrected chi connectivity index (χ4v) is 3.48. The quantitative estimate of drug-likeness (QED) is 0.353. The van der Waals surface area contributed by atoms with Gasteiger partial charge in [-0.3, -0.25) is 19.1 Å². The summed E-state index contributed by atoms with van der Waals surface area (Å²) < 4.78 is 7.47. The van der Waals surface area contributed by atoms with Crippen LogP contribution in [0.15, 0.2) is 55.2 Å². The van der Waals surface area contributed by atoms with Gasteiger partial charge in [-0.25, -0.2) is 4.79 Å². The molecule has 0 saturated carbocycles. The van der Waals surface area contributed by atoms with Gasteiger partial charge in [0.2, 0.25) is 0 Å². The lowest BCUT2D eigenvalue weighted by Gasteiger charge is -2.15. The van der Waals surface area contributed by atoms with Crippen molar-refractivity contribution in [3.8, 4) is 0 Å². The monoisotopic (exact) mass is 450 g/mol. The molecule has 0 amide bonds. The first-order valence-electron chi connectivity index (χ1n) is 9.36. The van der Waals surface area contributed by atoms with Gasteiger partial charge in [-0.15, -0.1) is 0 Å². The molecule has 7 heteroatoms. The van der Waals surface area contributed by atoms with Crippen LogP contribution in [0.25, 0.3) is 0 Å². The third-order valence-corrected chi connectivity index (χ3v) is 5.32.